The summed E-state index contributed by atoms with van der Waals surface area (Å²) in [4.78, 5) is 12.5. The number of carbonyl (C=O) groups is 1. The van der Waals surface area contributed by atoms with Gasteiger partial charge in [0.25, 0.3) is 0 Å². The standard InChI is InChI=1S/C28H27NO2S/c1-28(19-20-9-4-3-5-10-20,18-8-12-22-15-17-25(32-22)27(30)31)26-23-13-7-6-11-21(23)14-16-24(26)29-2/h3-17,29H,18-19H2,1-2H3,(H,30,31)/p+1/b12-8+. The van der Waals surface area contributed by atoms with Gasteiger partial charge in [0.05, 0.1) is 7.05 Å². The summed E-state index contributed by atoms with van der Waals surface area (Å²) < 4.78 is 0. The topological polar surface area (TPSA) is 53.9 Å². The Labute approximate surface area is 193 Å². The summed E-state index contributed by atoms with van der Waals surface area (Å²) in [6, 6.07) is 27.2. The van der Waals surface area contributed by atoms with Gasteiger partial charge in [-0.05, 0) is 59.5 Å². The number of rotatable bonds is 8. The van der Waals surface area contributed by atoms with E-state index < -0.39 is 5.97 Å². The van der Waals surface area contributed by atoms with Crippen molar-refractivity contribution in [3.63, 3.8) is 0 Å². The van der Waals surface area contributed by atoms with Crippen molar-refractivity contribution in [2.24, 2.45) is 0 Å². The minimum atomic E-state index is -0.873. The quantitative estimate of drug-likeness (QED) is 0.328. The number of allylic oxidation sites excluding steroid dienone is 1. The van der Waals surface area contributed by atoms with Gasteiger partial charge >= 0.3 is 5.97 Å². The second-order valence-corrected chi connectivity index (χ2v) is 9.49. The molecule has 4 aromatic rings. The van der Waals surface area contributed by atoms with Crippen molar-refractivity contribution in [3.05, 3.63) is 106 Å². The smallest absolute Gasteiger partial charge is 0.345 e. The molecular formula is C28H28NO2S+. The van der Waals surface area contributed by atoms with Gasteiger partial charge in [-0.15, -0.1) is 11.3 Å². The first kappa shape index (κ1) is 22.0. The van der Waals surface area contributed by atoms with Crippen LogP contribution in [0.15, 0.2) is 84.9 Å². The third kappa shape index (κ3) is 4.67. The van der Waals surface area contributed by atoms with Crippen LogP contribution >= 0.6 is 11.3 Å². The van der Waals surface area contributed by atoms with Crippen LogP contribution in [-0.4, -0.2) is 18.1 Å². The molecule has 32 heavy (non-hydrogen) atoms. The molecule has 162 valence electrons. The van der Waals surface area contributed by atoms with Crippen LogP contribution in [0.25, 0.3) is 16.8 Å². The Kier molecular flexibility index (Phi) is 6.54. The van der Waals surface area contributed by atoms with E-state index in [0.29, 0.717) is 4.88 Å². The lowest BCUT2D eigenvalue weighted by Gasteiger charge is -2.31. The average molecular weight is 443 g/mol. The lowest BCUT2D eigenvalue weighted by atomic mass is 9.72. The highest BCUT2D eigenvalue weighted by atomic mass is 32.1. The summed E-state index contributed by atoms with van der Waals surface area (Å²) in [5, 5.41) is 13.9. The fraction of sp³-hybridized carbons (Fsp3) is 0.179. The van der Waals surface area contributed by atoms with Crippen molar-refractivity contribution in [1.82, 2.24) is 0 Å². The molecule has 3 nitrogen and oxygen atoms in total. The number of benzene rings is 3. The number of carboxylic acids is 1. The molecule has 3 N–H and O–H groups in total. The Morgan fingerprint density at radius 2 is 1.75 bits per heavy atom. The second kappa shape index (κ2) is 9.51. The highest BCUT2D eigenvalue weighted by Gasteiger charge is 2.32. The van der Waals surface area contributed by atoms with Crippen LogP contribution in [0, 0.1) is 0 Å². The van der Waals surface area contributed by atoms with Gasteiger partial charge in [-0.2, -0.15) is 0 Å². The Hall–Kier alpha value is -3.21. The minimum absolute atomic E-state index is 0.132. The molecule has 3 aromatic carbocycles. The maximum Gasteiger partial charge on any atom is 0.345 e. The Morgan fingerprint density at radius 3 is 2.47 bits per heavy atom. The van der Waals surface area contributed by atoms with E-state index >= 15 is 0 Å². The van der Waals surface area contributed by atoms with Crippen LogP contribution in [-0.2, 0) is 11.8 Å². The van der Waals surface area contributed by atoms with E-state index in [-0.39, 0.29) is 5.41 Å². The lowest BCUT2D eigenvalue weighted by molar-refractivity contribution is -0.540. The van der Waals surface area contributed by atoms with Gasteiger partial charge in [0, 0.05) is 15.9 Å². The predicted octanol–water partition coefficient (Wildman–Crippen LogP) is 6.03. The van der Waals surface area contributed by atoms with E-state index in [1.54, 1.807) is 6.07 Å². The number of nitrogens with two attached hydrogens (primary N) is 1. The molecule has 0 spiro atoms. The molecule has 0 aliphatic carbocycles. The molecule has 0 saturated carbocycles. The summed E-state index contributed by atoms with van der Waals surface area (Å²) in [6.07, 6.45) is 6.01. The summed E-state index contributed by atoms with van der Waals surface area (Å²) >= 11 is 1.31. The van der Waals surface area contributed by atoms with Crippen molar-refractivity contribution in [2.75, 3.05) is 7.05 Å². The van der Waals surface area contributed by atoms with E-state index in [4.69, 9.17) is 0 Å². The number of aromatic carboxylic acids is 1. The summed E-state index contributed by atoms with van der Waals surface area (Å²) in [5.74, 6) is -0.873. The maximum atomic E-state index is 11.2. The number of hydrogen-bond acceptors (Lipinski definition) is 2. The van der Waals surface area contributed by atoms with E-state index in [1.807, 2.05) is 6.07 Å². The summed E-state index contributed by atoms with van der Waals surface area (Å²) in [6.45, 7) is 2.34. The fourth-order valence-electron chi connectivity index (χ4n) is 4.50. The van der Waals surface area contributed by atoms with E-state index in [0.717, 1.165) is 17.7 Å². The van der Waals surface area contributed by atoms with Crippen LogP contribution in [0.4, 0.5) is 5.69 Å². The number of quaternary nitrogens is 1. The normalized spacial score (nSPS) is 13.4. The van der Waals surface area contributed by atoms with Crippen LogP contribution in [0.5, 0.6) is 0 Å². The molecule has 0 radical (unpaired) electrons. The molecule has 1 atom stereocenters. The molecule has 0 bridgehead atoms. The molecule has 1 aromatic heterocycles. The van der Waals surface area contributed by atoms with Crippen molar-refractivity contribution in [3.8, 4) is 0 Å². The molecule has 1 unspecified atom stereocenters. The van der Waals surface area contributed by atoms with Gasteiger partial charge in [0.1, 0.15) is 10.6 Å². The van der Waals surface area contributed by atoms with Gasteiger partial charge in [0.15, 0.2) is 0 Å². The third-order valence-corrected chi connectivity index (χ3v) is 7.04. The molecule has 0 fully saturated rings. The Bertz CT molecular complexity index is 1260. The Morgan fingerprint density at radius 1 is 1.00 bits per heavy atom. The molecule has 0 saturated heterocycles. The number of carboxylic acid groups (broad SMARTS) is 1. The second-order valence-electron chi connectivity index (χ2n) is 8.38. The molecule has 4 heteroatoms. The van der Waals surface area contributed by atoms with E-state index in [2.05, 4.69) is 98.2 Å². The van der Waals surface area contributed by atoms with Gasteiger partial charge < -0.3 is 10.4 Å². The van der Waals surface area contributed by atoms with Crippen molar-refractivity contribution in [2.45, 2.75) is 25.2 Å². The summed E-state index contributed by atoms with van der Waals surface area (Å²) in [7, 11) is 2.10. The zero-order valence-corrected chi connectivity index (χ0v) is 19.2. The van der Waals surface area contributed by atoms with Crippen LogP contribution in [0.3, 0.4) is 0 Å². The first-order valence-corrected chi connectivity index (χ1v) is 11.7. The minimum Gasteiger partial charge on any atom is -0.477 e. The average Bonchev–Trinajstić information content (AvgIpc) is 3.28. The molecule has 4 rings (SSSR count). The molecule has 0 amide bonds. The third-order valence-electron chi connectivity index (χ3n) is 6.00. The lowest BCUT2D eigenvalue weighted by Crippen LogP contribution is -2.73. The van der Waals surface area contributed by atoms with Crippen molar-refractivity contribution in [1.29, 1.82) is 0 Å². The van der Waals surface area contributed by atoms with Crippen molar-refractivity contribution < 1.29 is 15.2 Å². The largest absolute Gasteiger partial charge is 0.477 e. The SMILES string of the molecule is C[NH2+]c1ccc2ccccc2c1C(C)(C/C=C/c1ccc(C(=O)O)s1)Cc1ccccc1. The van der Waals surface area contributed by atoms with E-state index in [9.17, 15) is 9.90 Å². The zero-order chi connectivity index (χ0) is 22.6. The highest BCUT2D eigenvalue weighted by Crippen LogP contribution is 2.40. The zero-order valence-electron chi connectivity index (χ0n) is 18.4. The maximum absolute atomic E-state index is 11.2. The molecular weight excluding hydrogens is 414 g/mol. The fourth-order valence-corrected chi connectivity index (χ4v) is 5.28. The van der Waals surface area contributed by atoms with Gasteiger partial charge in [0.2, 0.25) is 0 Å². The monoisotopic (exact) mass is 442 g/mol. The van der Waals surface area contributed by atoms with Crippen molar-refractivity contribution >= 4 is 39.8 Å². The van der Waals surface area contributed by atoms with Gasteiger partial charge in [-0.3, -0.25) is 0 Å². The highest BCUT2D eigenvalue weighted by molar-refractivity contribution is 7.14. The van der Waals surface area contributed by atoms with Gasteiger partial charge in [-0.25, -0.2) is 4.79 Å². The summed E-state index contributed by atoms with van der Waals surface area (Å²) in [5.41, 5.74) is 3.81. The first-order valence-electron chi connectivity index (χ1n) is 10.9. The molecule has 0 aliphatic heterocycles. The first-order chi connectivity index (χ1) is 15.5. The Balaban J connectivity index is 1.77. The predicted molar refractivity (Wildman–Crippen MR) is 134 cm³/mol. The van der Waals surface area contributed by atoms with Crippen LogP contribution in [0.1, 0.15) is 39.0 Å². The number of thiophene rings is 1. The number of hydrogen-bond donors (Lipinski definition) is 2. The van der Waals surface area contributed by atoms with Gasteiger partial charge in [-0.1, -0.05) is 67.6 Å². The molecule has 1 heterocycles. The van der Waals surface area contributed by atoms with Crippen LogP contribution < -0.4 is 5.32 Å². The van der Waals surface area contributed by atoms with E-state index in [1.165, 1.54) is 38.9 Å². The number of fused-ring (bicyclic) bond motifs is 1. The molecule has 0 aliphatic rings. The van der Waals surface area contributed by atoms with Crippen LogP contribution in [0.2, 0.25) is 0 Å².